The fraction of sp³-hybridized carbons (Fsp3) is 0.526. The molecule has 7 heteroatoms. The number of hydrogen-bond donors (Lipinski definition) is 1. The van der Waals surface area contributed by atoms with Gasteiger partial charge in [0.25, 0.3) is 5.91 Å². The van der Waals surface area contributed by atoms with Crippen LogP contribution in [-0.4, -0.2) is 59.9 Å². The van der Waals surface area contributed by atoms with Crippen molar-refractivity contribution in [3.8, 4) is 5.75 Å². The van der Waals surface area contributed by atoms with Crippen molar-refractivity contribution in [1.29, 1.82) is 0 Å². The Bertz CT molecular complexity index is 671. The number of carbonyl (C=O) groups is 3. The van der Waals surface area contributed by atoms with Crippen LogP contribution in [0.15, 0.2) is 30.3 Å². The Morgan fingerprint density at radius 2 is 1.85 bits per heavy atom. The summed E-state index contributed by atoms with van der Waals surface area (Å²) in [6.45, 7) is 0.390. The first-order chi connectivity index (χ1) is 12.5. The van der Waals surface area contributed by atoms with E-state index in [-0.39, 0.29) is 24.4 Å². The molecule has 7 nitrogen and oxygen atoms in total. The van der Waals surface area contributed by atoms with Gasteiger partial charge in [0.1, 0.15) is 24.4 Å². The van der Waals surface area contributed by atoms with Crippen LogP contribution in [-0.2, 0) is 9.59 Å². The van der Waals surface area contributed by atoms with Crippen LogP contribution in [0.1, 0.15) is 32.1 Å². The summed E-state index contributed by atoms with van der Waals surface area (Å²) in [7, 11) is 1.66. The second kappa shape index (κ2) is 7.76. The van der Waals surface area contributed by atoms with Crippen LogP contribution in [0.3, 0.4) is 0 Å². The zero-order chi connectivity index (χ0) is 18.6. The van der Waals surface area contributed by atoms with Crippen LogP contribution in [0.25, 0.3) is 0 Å². The molecule has 3 rings (SSSR count). The minimum absolute atomic E-state index is 0.236. The maximum absolute atomic E-state index is 12.8. The summed E-state index contributed by atoms with van der Waals surface area (Å²) < 4.78 is 5.51. The third-order valence-electron chi connectivity index (χ3n) is 5.22. The highest BCUT2D eigenvalue weighted by molar-refractivity contribution is 6.08. The number of hydrogen-bond acceptors (Lipinski definition) is 4. The second-order valence-electron chi connectivity index (χ2n) is 6.84. The molecule has 0 aromatic heterocycles. The first-order valence-electron chi connectivity index (χ1n) is 9.09. The lowest BCUT2D eigenvalue weighted by molar-refractivity contribution is -0.137. The van der Waals surface area contributed by atoms with Gasteiger partial charge in [0.05, 0.1) is 6.54 Å². The van der Waals surface area contributed by atoms with Crippen molar-refractivity contribution in [2.45, 2.75) is 37.6 Å². The molecule has 1 aromatic rings. The molecule has 1 aliphatic carbocycles. The minimum atomic E-state index is -0.744. The van der Waals surface area contributed by atoms with Crippen LogP contribution in [0.2, 0.25) is 0 Å². The highest BCUT2D eigenvalue weighted by atomic mass is 16.5. The second-order valence-corrected chi connectivity index (χ2v) is 6.84. The zero-order valence-corrected chi connectivity index (χ0v) is 15.1. The van der Waals surface area contributed by atoms with Crippen LogP contribution >= 0.6 is 0 Å². The molecule has 26 heavy (non-hydrogen) atoms. The van der Waals surface area contributed by atoms with Crippen molar-refractivity contribution in [1.82, 2.24) is 15.1 Å². The summed E-state index contributed by atoms with van der Waals surface area (Å²) >= 11 is 0. The van der Waals surface area contributed by atoms with Gasteiger partial charge in [-0.3, -0.25) is 14.5 Å². The van der Waals surface area contributed by atoms with Crippen molar-refractivity contribution < 1.29 is 19.1 Å². The number of para-hydroxylation sites is 1. The highest BCUT2D eigenvalue weighted by Crippen LogP contribution is 2.39. The Morgan fingerprint density at radius 3 is 2.54 bits per heavy atom. The minimum Gasteiger partial charge on any atom is -0.492 e. The summed E-state index contributed by atoms with van der Waals surface area (Å²) in [5, 5.41) is 2.70. The van der Waals surface area contributed by atoms with E-state index in [1.807, 2.05) is 30.3 Å². The smallest absolute Gasteiger partial charge is 0.327 e. The molecule has 1 aromatic carbocycles. The number of benzene rings is 1. The number of likely N-dealkylation sites (N-methyl/N-ethyl adjacent to an activating group) is 1. The summed E-state index contributed by atoms with van der Waals surface area (Å²) in [5.74, 6) is 0.137. The van der Waals surface area contributed by atoms with E-state index in [1.54, 1.807) is 7.05 Å². The number of ether oxygens (including phenoxy) is 1. The molecule has 1 N–H and O–H groups in total. The van der Waals surface area contributed by atoms with E-state index < -0.39 is 5.54 Å². The van der Waals surface area contributed by atoms with Gasteiger partial charge in [-0.15, -0.1) is 0 Å². The van der Waals surface area contributed by atoms with E-state index in [9.17, 15) is 14.4 Å². The van der Waals surface area contributed by atoms with Gasteiger partial charge >= 0.3 is 6.03 Å². The van der Waals surface area contributed by atoms with Gasteiger partial charge in [-0.05, 0) is 25.0 Å². The lowest BCUT2D eigenvalue weighted by atomic mass is 9.81. The Morgan fingerprint density at radius 1 is 1.15 bits per heavy atom. The molecular weight excluding hydrogens is 334 g/mol. The van der Waals surface area contributed by atoms with Gasteiger partial charge in [0.15, 0.2) is 0 Å². The topological polar surface area (TPSA) is 79.0 Å². The van der Waals surface area contributed by atoms with Crippen molar-refractivity contribution in [3.63, 3.8) is 0 Å². The first kappa shape index (κ1) is 18.2. The van der Waals surface area contributed by atoms with Gasteiger partial charge in [0.2, 0.25) is 5.91 Å². The SMILES string of the molecule is CN1C(=O)N(CC(=O)NCCOc2ccccc2)C(=O)C12CCCCC2. The number of rotatable bonds is 6. The van der Waals surface area contributed by atoms with E-state index in [2.05, 4.69) is 5.32 Å². The summed E-state index contributed by atoms with van der Waals surface area (Å²) in [6.07, 6.45) is 4.30. The van der Waals surface area contributed by atoms with Crippen molar-refractivity contribution in [2.24, 2.45) is 0 Å². The van der Waals surface area contributed by atoms with Crippen LogP contribution in [0, 0.1) is 0 Å². The fourth-order valence-corrected chi connectivity index (χ4v) is 3.75. The highest BCUT2D eigenvalue weighted by Gasteiger charge is 2.55. The van der Waals surface area contributed by atoms with E-state index >= 15 is 0 Å². The summed E-state index contributed by atoms with van der Waals surface area (Å²) in [6, 6.07) is 8.93. The van der Waals surface area contributed by atoms with Gasteiger partial charge in [-0.25, -0.2) is 4.79 Å². The molecule has 1 aliphatic heterocycles. The van der Waals surface area contributed by atoms with Crippen LogP contribution in [0.4, 0.5) is 4.79 Å². The lowest BCUT2D eigenvalue weighted by Gasteiger charge is -2.35. The van der Waals surface area contributed by atoms with Crippen molar-refractivity contribution >= 4 is 17.8 Å². The first-order valence-corrected chi connectivity index (χ1v) is 9.09. The maximum atomic E-state index is 12.8. The number of imide groups is 1. The van der Waals surface area contributed by atoms with E-state index in [0.29, 0.717) is 26.0 Å². The molecule has 0 atom stereocenters. The van der Waals surface area contributed by atoms with Crippen molar-refractivity contribution in [2.75, 3.05) is 26.7 Å². The van der Waals surface area contributed by atoms with Gasteiger partial charge in [0, 0.05) is 7.05 Å². The number of nitrogens with one attached hydrogen (secondary N) is 1. The quantitative estimate of drug-likeness (QED) is 0.620. The molecule has 0 unspecified atom stereocenters. The normalized spacial score (nSPS) is 19.1. The van der Waals surface area contributed by atoms with Gasteiger partial charge < -0.3 is 15.0 Å². The third kappa shape index (κ3) is 3.52. The molecular formula is C19H25N3O4. The zero-order valence-electron chi connectivity index (χ0n) is 15.1. The average molecular weight is 359 g/mol. The lowest BCUT2D eigenvalue weighted by Crippen LogP contribution is -2.49. The van der Waals surface area contributed by atoms with Crippen LogP contribution in [0.5, 0.6) is 5.75 Å². The summed E-state index contributed by atoms with van der Waals surface area (Å²) in [4.78, 5) is 40.0. The van der Waals surface area contributed by atoms with E-state index in [4.69, 9.17) is 4.74 Å². The monoisotopic (exact) mass is 359 g/mol. The summed E-state index contributed by atoms with van der Waals surface area (Å²) in [5.41, 5.74) is -0.744. The van der Waals surface area contributed by atoms with E-state index in [1.165, 1.54) is 4.90 Å². The number of carbonyl (C=O) groups excluding carboxylic acids is 3. The fourth-order valence-electron chi connectivity index (χ4n) is 3.75. The van der Waals surface area contributed by atoms with Crippen LogP contribution < -0.4 is 10.1 Å². The number of amides is 4. The van der Waals surface area contributed by atoms with Gasteiger partial charge in [-0.2, -0.15) is 0 Å². The standard InChI is InChI=1S/C19H25N3O4/c1-21-18(25)22(17(24)19(21)10-6-3-7-11-19)14-16(23)20-12-13-26-15-8-4-2-5-9-15/h2,4-5,8-9H,3,6-7,10-14H2,1H3,(H,20,23). The molecule has 4 amide bonds. The molecule has 1 heterocycles. The molecule has 140 valence electrons. The average Bonchev–Trinajstić information content (AvgIpc) is 2.83. The Labute approximate surface area is 153 Å². The molecule has 1 spiro atoms. The third-order valence-corrected chi connectivity index (χ3v) is 5.22. The molecule has 2 fully saturated rings. The van der Waals surface area contributed by atoms with E-state index in [0.717, 1.165) is 29.9 Å². The largest absolute Gasteiger partial charge is 0.492 e. The Balaban J connectivity index is 1.49. The molecule has 1 saturated carbocycles. The number of nitrogens with zero attached hydrogens (tertiary/aromatic N) is 2. The van der Waals surface area contributed by atoms with Gasteiger partial charge in [-0.1, -0.05) is 37.5 Å². The molecule has 2 aliphatic rings. The molecule has 0 radical (unpaired) electrons. The predicted molar refractivity (Wildman–Crippen MR) is 95.6 cm³/mol. The number of urea groups is 1. The Kier molecular flexibility index (Phi) is 5.44. The maximum Gasteiger partial charge on any atom is 0.327 e. The predicted octanol–water partition coefficient (Wildman–Crippen LogP) is 1.78. The van der Waals surface area contributed by atoms with Crippen molar-refractivity contribution in [3.05, 3.63) is 30.3 Å². The molecule has 0 bridgehead atoms. The molecule has 1 saturated heterocycles. The Hall–Kier alpha value is -2.57.